The highest BCUT2D eigenvalue weighted by molar-refractivity contribution is 7.99. The molecule has 2 aromatic rings. The number of ether oxygens (including phenoxy) is 1. The number of benzene rings is 2. The Kier molecular flexibility index (Phi) is 6.16. The molecule has 0 saturated carbocycles. The molecule has 1 amide bonds. The summed E-state index contributed by atoms with van der Waals surface area (Å²) >= 11 is 7.55. The standard InChI is InChI=1S/C17H18ClNO2S/c1-12(22-11-13-6-4-3-5-7-13)17(20)19-15-10-14(18)8-9-16(15)21-2/h3-10,12H,11H2,1-2H3,(H,19,20). The molecule has 0 heterocycles. The van der Waals surface area contributed by atoms with E-state index in [9.17, 15) is 4.79 Å². The molecule has 2 aromatic carbocycles. The highest BCUT2D eigenvalue weighted by Gasteiger charge is 2.15. The number of hydrogen-bond donors (Lipinski definition) is 1. The normalized spacial score (nSPS) is 11.8. The number of nitrogens with one attached hydrogen (secondary N) is 1. The lowest BCUT2D eigenvalue weighted by Gasteiger charge is -2.14. The van der Waals surface area contributed by atoms with E-state index in [2.05, 4.69) is 17.4 Å². The van der Waals surface area contributed by atoms with Gasteiger partial charge in [0.2, 0.25) is 5.91 Å². The van der Waals surface area contributed by atoms with E-state index in [-0.39, 0.29) is 11.2 Å². The van der Waals surface area contributed by atoms with Crippen molar-refractivity contribution in [2.45, 2.75) is 17.9 Å². The number of thioether (sulfide) groups is 1. The van der Waals surface area contributed by atoms with Crippen LogP contribution in [0.15, 0.2) is 48.5 Å². The van der Waals surface area contributed by atoms with Gasteiger partial charge in [-0.2, -0.15) is 0 Å². The zero-order chi connectivity index (χ0) is 15.9. The highest BCUT2D eigenvalue weighted by atomic mass is 35.5. The first kappa shape index (κ1) is 16.7. The van der Waals surface area contributed by atoms with E-state index in [1.54, 1.807) is 37.1 Å². The first-order valence-corrected chi connectivity index (χ1v) is 8.32. The van der Waals surface area contributed by atoms with Crippen molar-refractivity contribution in [2.75, 3.05) is 12.4 Å². The molecular formula is C17H18ClNO2S. The average molecular weight is 336 g/mol. The van der Waals surface area contributed by atoms with E-state index in [4.69, 9.17) is 16.3 Å². The topological polar surface area (TPSA) is 38.3 Å². The summed E-state index contributed by atoms with van der Waals surface area (Å²) < 4.78 is 5.23. The molecule has 1 atom stereocenters. The van der Waals surface area contributed by atoms with E-state index < -0.39 is 0 Å². The van der Waals surface area contributed by atoms with Gasteiger partial charge in [0, 0.05) is 10.8 Å². The van der Waals surface area contributed by atoms with Gasteiger partial charge in [0.25, 0.3) is 0 Å². The summed E-state index contributed by atoms with van der Waals surface area (Å²) in [4.78, 5) is 12.3. The monoisotopic (exact) mass is 335 g/mol. The van der Waals surface area contributed by atoms with Gasteiger partial charge in [-0.3, -0.25) is 4.79 Å². The lowest BCUT2D eigenvalue weighted by Crippen LogP contribution is -2.22. The van der Waals surface area contributed by atoms with E-state index in [1.165, 1.54) is 5.56 Å². The molecule has 0 aliphatic rings. The summed E-state index contributed by atoms with van der Waals surface area (Å²) in [5, 5.41) is 3.25. The van der Waals surface area contributed by atoms with Crippen LogP contribution in [0.2, 0.25) is 5.02 Å². The summed E-state index contributed by atoms with van der Waals surface area (Å²) in [5.41, 5.74) is 1.79. The molecule has 22 heavy (non-hydrogen) atoms. The van der Waals surface area contributed by atoms with Crippen molar-refractivity contribution in [3.05, 3.63) is 59.1 Å². The summed E-state index contributed by atoms with van der Waals surface area (Å²) in [6.07, 6.45) is 0. The smallest absolute Gasteiger partial charge is 0.237 e. The van der Waals surface area contributed by atoms with Crippen LogP contribution in [0.1, 0.15) is 12.5 Å². The van der Waals surface area contributed by atoms with Gasteiger partial charge in [0.05, 0.1) is 18.0 Å². The van der Waals surface area contributed by atoms with Gasteiger partial charge in [0.1, 0.15) is 5.75 Å². The zero-order valence-corrected chi connectivity index (χ0v) is 14.1. The zero-order valence-electron chi connectivity index (χ0n) is 12.5. The van der Waals surface area contributed by atoms with Gasteiger partial charge in [-0.1, -0.05) is 41.9 Å². The number of anilines is 1. The van der Waals surface area contributed by atoms with Gasteiger partial charge >= 0.3 is 0 Å². The van der Waals surface area contributed by atoms with Gasteiger partial charge < -0.3 is 10.1 Å². The number of halogens is 1. The first-order valence-electron chi connectivity index (χ1n) is 6.90. The van der Waals surface area contributed by atoms with Crippen molar-refractivity contribution in [1.82, 2.24) is 0 Å². The molecule has 0 bridgehead atoms. The first-order chi connectivity index (χ1) is 10.6. The Morgan fingerprint density at radius 3 is 2.68 bits per heavy atom. The van der Waals surface area contributed by atoms with Crippen LogP contribution in [0.5, 0.6) is 5.75 Å². The molecule has 0 aromatic heterocycles. The molecule has 0 spiro atoms. The van der Waals surface area contributed by atoms with Crippen molar-refractivity contribution in [3.8, 4) is 5.75 Å². The number of methoxy groups -OCH3 is 1. The fraction of sp³-hybridized carbons (Fsp3) is 0.235. The van der Waals surface area contributed by atoms with Crippen molar-refractivity contribution >= 4 is 35.0 Å². The SMILES string of the molecule is COc1ccc(Cl)cc1NC(=O)C(C)SCc1ccccc1. The molecule has 0 saturated heterocycles. The fourth-order valence-electron chi connectivity index (χ4n) is 1.88. The lowest BCUT2D eigenvalue weighted by atomic mass is 10.2. The Labute approximate surface area is 140 Å². The Morgan fingerprint density at radius 1 is 1.27 bits per heavy atom. The lowest BCUT2D eigenvalue weighted by molar-refractivity contribution is -0.115. The molecule has 0 aliphatic carbocycles. The van der Waals surface area contributed by atoms with Crippen LogP contribution in [0.25, 0.3) is 0 Å². The molecule has 0 radical (unpaired) electrons. The Balaban J connectivity index is 1.95. The second kappa shape index (κ2) is 8.11. The second-order valence-electron chi connectivity index (χ2n) is 4.77. The van der Waals surface area contributed by atoms with Gasteiger partial charge in [-0.15, -0.1) is 11.8 Å². The van der Waals surface area contributed by atoms with Crippen molar-refractivity contribution in [3.63, 3.8) is 0 Å². The Bertz CT molecular complexity index is 634. The molecule has 0 fully saturated rings. The van der Waals surface area contributed by atoms with E-state index in [0.717, 1.165) is 5.75 Å². The van der Waals surface area contributed by atoms with Crippen LogP contribution >= 0.6 is 23.4 Å². The Hall–Kier alpha value is -1.65. The summed E-state index contributed by atoms with van der Waals surface area (Å²) in [7, 11) is 1.56. The molecular weight excluding hydrogens is 318 g/mol. The largest absolute Gasteiger partial charge is 0.495 e. The minimum atomic E-state index is -0.177. The average Bonchev–Trinajstić information content (AvgIpc) is 2.53. The molecule has 1 N–H and O–H groups in total. The van der Waals surface area contributed by atoms with Gasteiger partial charge in [0.15, 0.2) is 0 Å². The van der Waals surface area contributed by atoms with Crippen molar-refractivity contribution in [1.29, 1.82) is 0 Å². The summed E-state index contributed by atoms with van der Waals surface area (Å²) in [6.45, 7) is 1.89. The van der Waals surface area contributed by atoms with E-state index in [1.807, 2.05) is 25.1 Å². The number of amides is 1. The number of carbonyl (C=O) groups excluding carboxylic acids is 1. The molecule has 0 aliphatic heterocycles. The van der Waals surface area contributed by atoms with Crippen LogP contribution in [-0.2, 0) is 10.5 Å². The third kappa shape index (κ3) is 4.68. The van der Waals surface area contributed by atoms with Crippen LogP contribution in [-0.4, -0.2) is 18.3 Å². The molecule has 2 rings (SSSR count). The third-order valence-electron chi connectivity index (χ3n) is 3.13. The predicted molar refractivity (Wildman–Crippen MR) is 93.8 cm³/mol. The second-order valence-corrected chi connectivity index (χ2v) is 6.54. The fourth-order valence-corrected chi connectivity index (χ4v) is 2.90. The summed E-state index contributed by atoms with van der Waals surface area (Å²) in [5.74, 6) is 1.32. The van der Waals surface area contributed by atoms with E-state index >= 15 is 0 Å². The van der Waals surface area contributed by atoms with Crippen molar-refractivity contribution in [2.24, 2.45) is 0 Å². The Morgan fingerprint density at radius 2 is 2.00 bits per heavy atom. The molecule has 1 unspecified atom stereocenters. The third-order valence-corrected chi connectivity index (χ3v) is 4.58. The minimum absolute atomic E-state index is 0.0681. The summed E-state index contributed by atoms with van der Waals surface area (Å²) in [6, 6.07) is 15.2. The quantitative estimate of drug-likeness (QED) is 0.837. The van der Waals surface area contributed by atoms with Crippen LogP contribution in [0, 0.1) is 0 Å². The number of hydrogen-bond acceptors (Lipinski definition) is 3. The number of rotatable bonds is 6. The van der Waals surface area contributed by atoms with E-state index in [0.29, 0.717) is 16.5 Å². The predicted octanol–water partition coefficient (Wildman–Crippen LogP) is 4.61. The number of carbonyl (C=O) groups is 1. The highest BCUT2D eigenvalue weighted by Crippen LogP contribution is 2.28. The maximum atomic E-state index is 12.3. The van der Waals surface area contributed by atoms with Gasteiger partial charge in [-0.25, -0.2) is 0 Å². The maximum Gasteiger partial charge on any atom is 0.237 e. The maximum absolute atomic E-state index is 12.3. The van der Waals surface area contributed by atoms with Crippen LogP contribution in [0.3, 0.4) is 0 Å². The molecule has 3 nitrogen and oxygen atoms in total. The molecule has 116 valence electrons. The van der Waals surface area contributed by atoms with Gasteiger partial charge in [-0.05, 0) is 30.7 Å². The van der Waals surface area contributed by atoms with Crippen LogP contribution in [0.4, 0.5) is 5.69 Å². The minimum Gasteiger partial charge on any atom is -0.495 e. The van der Waals surface area contributed by atoms with Crippen molar-refractivity contribution < 1.29 is 9.53 Å². The van der Waals surface area contributed by atoms with Crippen LogP contribution < -0.4 is 10.1 Å². The molecule has 5 heteroatoms.